The SMILES string of the molecule is CC1(C(=O)O)CCN(C(=O)C=Cc2ccccc2)CC1. The summed E-state index contributed by atoms with van der Waals surface area (Å²) in [5, 5.41) is 9.16. The Hall–Kier alpha value is -2.10. The van der Waals surface area contributed by atoms with Crippen molar-refractivity contribution >= 4 is 18.0 Å². The van der Waals surface area contributed by atoms with Crippen LogP contribution in [-0.2, 0) is 9.59 Å². The molecule has 0 spiro atoms. The maximum atomic E-state index is 12.0. The van der Waals surface area contributed by atoms with Crippen LogP contribution in [0.4, 0.5) is 0 Å². The van der Waals surface area contributed by atoms with E-state index in [1.54, 1.807) is 24.0 Å². The van der Waals surface area contributed by atoms with Crippen LogP contribution in [-0.4, -0.2) is 35.0 Å². The van der Waals surface area contributed by atoms with Gasteiger partial charge in [-0.3, -0.25) is 9.59 Å². The van der Waals surface area contributed by atoms with Gasteiger partial charge in [-0.1, -0.05) is 30.3 Å². The number of hydrogen-bond acceptors (Lipinski definition) is 2. The third-order valence-electron chi connectivity index (χ3n) is 3.91. The molecule has 1 saturated heterocycles. The molecule has 1 aromatic rings. The van der Waals surface area contributed by atoms with Crippen molar-refractivity contribution in [3.05, 3.63) is 42.0 Å². The number of carboxylic acid groups (broad SMARTS) is 1. The summed E-state index contributed by atoms with van der Waals surface area (Å²) >= 11 is 0. The van der Waals surface area contributed by atoms with E-state index in [0.29, 0.717) is 25.9 Å². The van der Waals surface area contributed by atoms with Gasteiger partial charge >= 0.3 is 5.97 Å². The number of carbonyl (C=O) groups is 2. The fourth-order valence-electron chi connectivity index (χ4n) is 2.27. The zero-order chi connectivity index (χ0) is 14.6. The quantitative estimate of drug-likeness (QED) is 0.860. The van der Waals surface area contributed by atoms with Crippen molar-refractivity contribution in [3.8, 4) is 0 Å². The molecule has 1 N–H and O–H groups in total. The fourth-order valence-corrected chi connectivity index (χ4v) is 2.27. The van der Waals surface area contributed by atoms with Crippen molar-refractivity contribution in [1.82, 2.24) is 4.90 Å². The second kappa shape index (κ2) is 5.90. The molecule has 1 fully saturated rings. The average Bonchev–Trinajstić information content (AvgIpc) is 2.46. The van der Waals surface area contributed by atoms with Crippen molar-refractivity contribution in [2.75, 3.05) is 13.1 Å². The molecular weight excluding hydrogens is 254 g/mol. The molecule has 106 valence electrons. The average molecular weight is 273 g/mol. The Kier molecular flexibility index (Phi) is 4.23. The van der Waals surface area contributed by atoms with Crippen LogP contribution >= 0.6 is 0 Å². The monoisotopic (exact) mass is 273 g/mol. The lowest BCUT2D eigenvalue weighted by Gasteiger charge is -2.35. The fraction of sp³-hybridized carbons (Fsp3) is 0.375. The summed E-state index contributed by atoms with van der Waals surface area (Å²) in [6.07, 6.45) is 4.35. The minimum absolute atomic E-state index is 0.0544. The van der Waals surface area contributed by atoms with Gasteiger partial charge in [0.2, 0.25) is 5.91 Å². The van der Waals surface area contributed by atoms with Gasteiger partial charge in [0.25, 0.3) is 0 Å². The van der Waals surface area contributed by atoms with Crippen LogP contribution in [0.25, 0.3) is 6.08 Å². The normalized spacial score (nSPS) is 18.1. The van der Waals surface area contributed by atoms with Crippen LogP contribution in [0.2, 0.25) is 0 Å². The largest absolute Gasteiger partial charge is 0.481 e. The van der Waals surface area contributed by atoms with Gasteiger partial charge in [-0.15, -0.1) is 0 Å². The lowest BCUT2D eigenvalue weighted by atomic mass is 9.80. The van der Waals surface area contributed by atoms with Crippen LogP contribution < -0.4 is 0 Å². The Balaban J connectivity index is 1.93. The minimum Gasteiger partial charge on any atom is -0.481 e. The van der Waals surface area contributed by atoms with Crippen molar-refractivity contribution in [1.29, 1.82) is 0 Å². The molecular formula is C16H19NO3. The predicted molar refractivity (Wildman–Crippen MR) is 77.0 cm³/mol. The molecule has 0 saturated carbocycles. The molecule has 2 rings (SSSR count). The molecule has 1 amide bonds. The molecule has 1 aliphatic heterocycles. The summed E-state index contributed by atoms with van der Waals surface area (Å²) in [6, 6.07) is 9.63. The van der Waals surface area contributed by atoms with E-state index in [-0.39, 0.29) is 5.91 Å². The highest BCUT2D eigenvalue weighted by molar-refractivity contribution is 5.92. The van der Waals surface area contributed by atoms with Gasteiger partial charge in [0.1, 0.15) is 0 Å². The molecule has 0 aromatic heterocycles. The zero-order valence-corrected chi connectivity index (χ0v) is 11.6. The Morgan fingerprint density at radius 2 is 1.80 bits per heavy atom. The third kappa shape index (κ3) is 3.26. The summed E-state index contributed by atoms with van der Waals surface area (Å²) in [4.78, 5) is 24.9. The second-order valence-electron chi connectivity index (χ2n) is 5.44. The number of nitrogens with zero attached hydrogens (tertiary/aromatic N) is 1. The first-order valence-electron chi connectivity index (χ1n) is 6.77. The molecule has 4 nitrogen and oxygen atoms in total. The van der Waals surface area contributed by atoms with Crippen molar-refractivity contribution < 1.29 is 14.7 Å². The summed E-state index contributed by atoms with van der Waals surface area (Å²) in [5.74, 6) is -0.828. The van der Waals surface area contributed by atoms with Gasteiger partial charge in [-0.2, -0.15) is 0 Å². The number of likely N-dealkylation sites (tertiary alicyclic amines) is 1. The summed E-state index contributed by atoms with van der Waals surface area (Å²) in [7, 11) is 0. The number of piperidine rings is 1. The van der Waals surface area contributed by atoms with E-state index in [9.17, 15) is 9.59 Å². The van der Waals surface area contributed by atoms with E-state index in [4.69, 9.17) is 5.11 Å². The highest BCUT2D eigenvalue weighted by Gasteiger charge is 2.37. The predicted octanol–water partition coefficient (Wildman–Crippen LogP) is 2.41. The Morgan fingerprint density at radius 3 is 2.35 bits per heavy atom. The van der Waals surface area contributed by atoms with E-state index in [2.05, 4.69) is 0 Å². The second-order valence-corrected chi connectivity index (χ2v) is 5.44. The number of hydrogen-bond donors (Lipinski definition) is 1. The molecule has 1 aromatic carbocycles. The Morgan fingerprint density at radius 1 is 1.20 bits per heavy atom. The number of aliphatic carboxylic acids is 1. The lowest BCUT2D eigenvalue weighted by Crippen LogP contribution is -2.44. The van der Waals surface area contributed by atoms with Crippen LogP contribution in [0.5, 0.6) is 0 Å². The number of benzene rings is 1. The third-order valence-corrected chi connectivity index (χ3v) is 3.91. The molecule has 0 atom stereocenters. The van der Waals surface area contributed by atoms with Crippen molar-refractivity contribution in [3.63, 3.8) is 0 Å². The number of amides is 1. The first-order chi connectivity index (χ1) is 9.51. The Bertz CT molecular complexity index is 514. The molecule has 20 heavy (non-hydrogen) atoms. The topological polar surface area (TPSA) is 57.6 Å². The van der Waals surface area contributed by atoms with Gasteiger partial charge in [-0.05, 0) is 31.4 Å². The minimum atomic E-state index is -0.774. The van der Waals surface area contributed by atoms with E-state index in [1.807, 2.05) is 30.3 Å². The molecule has 0 aliphatic carbocycles. The molecule has 1 heterocycles. The van der Waals surface area contributed by atoms with Crippen molar-refractivity contribution in [2.45, 2.75) is 19.8 Å². The van der Waals surface area contributed by atoms with Crippen LogP contribution in [0.15, 0.2) is 36.4 Å². The number of carboxylic acids is 1. The summed E-state index contributed by atoms with van der Waals surface area (Å²) < 4.78 is 0. The van der Waals surface area contributed by atoms with Gasteiger partial charge in [-0.25, -0.2) is 0 Å². The smallest absolute Gasteiger partial charge is 0.309 e. The summed E-state index contributed by atoms with van der Waals surface area (Å²) in [6.45, 7) is 2.75. The van der Waals surface area contributed by atoms with E-state index >= 15 is 0 Å². The van der Waals surface area contributed by atoms with Gasteiger partial charge in [0.15, 0.2) is 0 Å². The highest BCUT2D eigenvalue weighted by Crippen LogP contribution is 2.31. The highest BCUT2D eigenvalue weighted by atomic mass is 16.4. The van der Waals surface area contributed by atoms with Crippen LogP contribution in [0, 0.1) is 5.41 Å². The zero-order valence-electron chi connectivity index (χ0n) is 11.6. The summed E-state index contributed by atoms with van der Waals surface area (Å²) in [5.41, 5.74) is 0.285. The maximum absolute atomic E-state index is 12.0. The molecule has 1 aliphatic rings. The Labute approximate surface area is 118 Å². The van der Waals surface area contributed by atoms with E-state index < -0.39 is 11.4 Å². The van der Waals surface area contributed by atoms with E-state index in [0.717, 1.165) is 5.56 Å². The maximum Gasteiger partial charge on any atom is 0.309 e. The molecule has 0 unspecified atom stereocenters. The molecule has 0 radical (unpaired) electrons. The number of rotatable bonds is 3. The van der Waals surface area contributed by atoms with Crippen molar-refractivity contribution in [2.24, 2.45) is 5.41 Å². The first kappa shape index (κ1) is 14.3. The van der Waals surface area contributed by atoms with Gasteiger partial charge in [0, 0.05) is 19.2 Å². The molecule has 0 bridgehead atoms. The standard InChI is InChI=1S/C16H19NO3/c1-16(15(19)20)9-11-17(12-10-16)14(18)8-7-13-5-3-2-4-6-13/h2-8H,9-12H2,1H3,(H,19,20). The van der Waals surface area contributed by atoms with Crippen LogP contribution in [0.3, 0.4) is 0 Å². The lowest BCUT2D eigenvalue weighted by molar-refractivity contribution is -0.152. The first-order valence-corrected chi connectivity index (χ1v) is 6.77. The molecule has 4 heteroatoms. The van der Waals surface area contributed by atoms with E-state index in [1.165, 1.54) is 0 Å². The number of carbonyl (C=O) groups excluding carboxylic acids is 1. The van der Waals surface area contributed by atoms with Crippen LogP contribution in [0.1, 0.15) is 25.3 Å². The van der Waals surface area contributed by atoms with Gasteiger partial charge in [0.05, 0.1) is 5.41 Å². The van der Waals surface area contributed by atoms with Gasteiger partial charge < -0.3 is 10.0 Å².